The van der Waals surface area contributed by atoms with Crippen LogP contribution in [0.15, 0.2) is 48.9 Å². The van der Waals surface area contributed by atoms with Crippen LogP contribution >= 0.6 is 0 Å². The Morgan fingerprint density at radius 2 is 2.21 bits per heavy atom. The summed E-state index contributed by atoms with van der Waals surface area (Å²) in [5.41, 5.74) is 2.48. The van der Waals surface area contributed by atoms with Crippen LogP contribution in [-0.4, -0.2) is 31.3 Å². The number of nitrogens with one attached hydrogen (secondary N) is 1. The first-order chi connectivity index (χ1) is 11.7. The lowest BCUT2D eigenvalue weighted by molar-refractivity contribution is 0.0927. The average Bonchev–Trinajstić information content (AvgIpc) is 3.23. The highest BCUT2D eigenvalue weighted by Gasteiger charge is 2.21. The fourth-order valence-corrected chi connectivity index (χ4v) is 3.10. The van der Waals surface area contributed by atoms with Crippen LogP contribution in [-0.2, 0) is 13.0 Å². The van der Waals surface area contributed by atoms with Gasteiger partial charge in [-0.1, -0.05) is 6.07 Å². The Bertz CT molecular complexity index is 879. The second kappa shape index (κ2) is 5.96. The predicted molar refractivity (Wildman–Crippen MR) is 90.1 cm³/mol. The smallest absolute Gasteiger partial charge is 0.251 e. The molecule has 1 aliphatic rings. The van der Waals surface area contributed by atoms with Gasteiger partial charge in [0.05, 0.1) is 11.4 Å². The van der Waals surface area contributed by atoms with Crippen LogP contribution in [0.4, 0.5) is 0 Å². The molecule has 6 heteroatoms. The van der Waals surface area contributed by atoms with E-state index in [0.717, 1.165) is 36.6 Å². The van der Waals surface area contributed by atoms with Gasteiger partial charge < -0.3 is 9.88 Å². The fourth-order valence-electron chi connectivity index (χ4n) is 3.10. The molecule has 122 valence electrons. The van der Waals surface area contributed by atoms with Crippen LogP contribution in [0.25, 0.3) is 5.69 Å². The van der Waals surface area contributed by atoms with E-state index in [1.54, 1.807) is 4.68 Å². The lowest BCUT2D eigenvalue weighted by Gasteiger charge is -2.24. The van der Waals surface area contributed by atoms with Crippen LogP contribution in [0.3, 0.4) is 0 Å². The van der Waals surface area contributed by atoms with E-state index in [4.69, 9.17) is 0 Å². The lowest BCUT2D eigenvalue weighted by Crippen LogP contribution is -2.40. The number of hydrogen-bond donors (Lipinski definition) is 1. The van der Waals surface area contributed by atoms with Crippen LogP contribution < -0.4 is 5.32 Å². The summed E-state index contributed by atoms with van der Waals surface area (Å²) in [6, 6.07) is 9.61. The standard InChI is InChI=1S/C18H19N5O/c1-13-7-9-23(21-13)16-4-2-3-14(11-16)18(24)20-15-5-6-17-19-8-10-22(17)12-15/h2-4,7-11,15H,5-6,12H2,1H3,(H,20,24). The maximum absolute atomic E-state index is 12.6. The maximum atomic E-state index is 12.6. The second-order valence-electron chi connectivity index (χ2n) is 6.16. The van der Waals surface area contributed by atoms with E-state index in [1.165, 1.54) is 0 Å². The Hall–Kier alpha value is -2.89. The quantitative estimate of drug-likeness (QED) is 0.803. The number of nitrogens with zero attached hydrogens (tertiary/aromatic N) is 4. The summed E-state index contributed by atoms with van der Waals surface area (Å²) in [6.07, 6.45) is 7.49. The van der Waals surface area contributed by atoms with Gasteiger partial charge in [0.2, 0.25) is 0 Å². The van der Waals surface area contributed by atoms with Gasteiger partial charge in [0.15, 0.2) is 0 Å². The molecule has 1 aliphatic heterocycles. The molecule has 24 heavy (non-hydrogen) atoms. The van der Waals surface area contributed by atoms with Crippen LogP contribution in [0.1, 0.15) is 28.3 Å². The van der Waals surface area contributed by atoms with Gasteiger partial charge in [0, 0.05) is 43.2 Å². The third-order valence-electron chi connectivity index (χ3n) is 4.37. The van der Waals surface area contributed by atoms with Crippen molar-refractivity contribution in [2.75, 3.05) is 0 Å². The molecule has 0 radical (unpaired) electrons. The molecule has 1 aromatic carbocycles. The number of carbonyl (C=O) groups excluding carboxylic acids is 1. The van der Waals surface area contributed by atoms with Gasteiger partial charge >= 0.3 is 0 Å². The third-order valence-corrected chi connectivity index (χ3v) is 4.37. The summed E-state index contributed by atoms with van der Waals surface area (Å²) in [5, 5.41) is 7.52. The first-order valence-electron chi connectivity index (χ1n) is 8.12. The van der Waals surface area contributed by atoms with Crippen molar-refractivity contribution in [3.63, 3.8) is 0 Å². The van der Waals surface area contributed by atoms with Gasteiger partial charge in [-0.05, 0) is 37.6 Å². The molecule has 0 fully saturated rings. The number of imidazole rings is 1. The summed E-state index contributed by atoms with van der Waals surface area (Å²) in [6.45, 7) is 2.72. The summed E-state index contributed by atoms with van der Waals surface area (Å²) in [4.78, 5) is 16.9. The molecule has 3 heterocycles. The molecule has 6 nitrogen and oxygen atoms in total. The largest absolute Gasteiger partial charge is 0.347 e. The molecule has 0 saturated heterocycles. The molecule has 3 aromatic rings. The fraction of sp³-hybridized carbons (Fsp3) is 0.278. The molecule has 0 bridgehead atoms. The van der Waals surface area contributed by atoms with E-state index in [9.17, 15) is 4.79 Å². The molecular weight excluding hydrogens is 302 g/mol. The monoisotopic (exact) mass is 321 g/mol. The molecule has 1 N–H and O–H groups in total. The van der Waals surface area contributed by atoms with Crippen molar-refractivity contribution in [1.82, 2.24) is 24.6 Å². The molecular formula is C18H19N5O. The molecule has 0 saturated carbocycles. The summed E-state index contributed by atoms with van der Waals surface area (Å²) in [7, 11) is 0. The zero-order valence-electron chi connectivity index (χ0n) is 13.5. The van der Waals surface area contributed by atoms with Gasteiger partial charge in [-0.2, -0.15) is 5.10 Å². The van der Waals surface area contributed by atoms with Crippen LogP contribution in [0.2, 0.25) is 0 Å². The summed E-state index contributed by atoms with van der Waals surface area (Å²) < 4.78 is 3.89. The molecule has 2 aromatic heterocycles. The number of rotatable bonds is 3. The van der Waals surface area contributed by atoms with E-state index < -0.39 is 0 Å². The number of aryl methyl sites for hydroxylation is 2. The molecule has 4 rings (SSSR count). The normalized spacial score (nSPS) is 16.6. The van der Waals surface area contributed by atoms with Gasteiger partial charge in [-0.25, -0.2) is 9.67 Å². The summed E-state index contributed by atoms with van der Waals surface area (Å²) in [5.74, 6) is 1.05. The summed E-state index contributed by atoms with van der Waals surface area (Å²) >= 11 is 0. The topological polar surface area (TPSA) is 64.7 Å². The van der Waals surface area contributed by atoms with E-state index in [1.807, 2.05) is 55.8 Å². The van der Waals surface area contributed by atoms with Crippen LogP contribution in [0.5, 0.6) is 0 Å². The Balaban J connectivity index is 1.49. The van der Waals surface area contributed by atoms with Crippen molar-refractivity contribution in [3.8, 4) is 5.69 Å². The van der Waals surface area contributed by atoms with Gasteiger partial charge in [0.25, 0.3) is 5.91 Å². The van der Waals surface area contributed by atoms with Crippen molar-refractivity contribution in [3.05, 3.63) is 66.0 Å². The molecule has 1 amide bonds. The van der Waals surface area contributed by atoms with Crippen molar-refractivity contribution in [2.45, 2.75) is 32.4 Å². The number of fused-ring (bicyclic) bond motifs is 1. The zero-order chi connectivity index (χ0) is 16.5. The number of carbonyl (C=O) groups is 1. The van der Waals surface area contributed by atoms with E-state index >= 15 is 0 Å². The van der Waals surface area contributed by atoms with E-state index in [-0.39, 0.29) is 11.9 Å². The predicted octanol–water partition coefficient (Wildman–Crippen LogP) is 2.12. The zero-order valence-corrected chi connectivity index (χ0v) is 13.5. The van der Waals surface area contributed by atoms with Gasteiger partial charge in [-0.15, -0.1) is 0 Å². The SMILES string of the molecule is Cc1ccn(-c2cccc(C(=O)NC3CCc4nccn4C3)c2)n1. The molecule has 1 atom stereocenters. The minimum Gasteiger partial charge on any atom is -0.347 e. The van der Waals surface area contributed by atoms with Gasteiger partial charge in [-0.3, -0.25) is 4.79 Å². The first kappa shape index (κ1) is 14.7. The van der Waals surface area contributed by atoms with Gasteiger partial charge in [0.1, 0.15) is 5.82 Å². The second-order valence-corrected chi connectivity index (χ2v) is 6.16. The number of hydrogen-bond acceptors (Lipinski definition) is 3. The van der Waals surface area contributed by atoms with Crippen molar-refractivity contribution < 1.29 is 4.79 Å². The molecule has 0 spiro atoms. The Kier molecular flexibility index (Phi) is 3.65. The highest BCUT2D eigenvalue weighted by atomic mass is 16.1. The first-order valence-corrected chi connectivity index (χ1v) is 8.12. The number of amides is 1. The van der Waals surface area contributed by atoms with E-state index in [2.05, 4.69) is 20.0 Å². The van der Waals surface area contributed by atoms with Crippen molar-refractivity contribution in [1.29, 1.82) is 0 Å². The average molecular weight is 321 g/mol. The van der Waals surface area contributed by atoms with E-state index in [0.29, 0.717) is 5.56 Å². The van der Waals surface area contributed by atoms with Crippen molar-refractivity contribution in [2.24, 2.45) is 0 Å². The lowest BCUT2D eigenvalue weighted by atomic mass is 10.1. The Labute approximate surface area is 140 Å². The minimum atomic E-state index is -0.0470. The maximum Gasteiger partial charge on any atom is 0.251 e. The third kappa shape index (κ3) is 2.82. The highest BCUT2D eigenvalue weighted by Crippen LogP contribution is 2.15. The molecule has 1 unspecified atom stereocenters. The Morgan fingerprint density at radius 1 is 1.29 bits per heavy atom. The molecule has 0 aliphatic carbocycles. The highest BCUT2D eigenvalue weighted by molar-refractivity contribution is 5.94. The number of aromatic nitrogens is 4. The van der Waals surface area contributed by atoms with Crippen molar-refractivity contribution >= 4 is 5.91 Å². The Morgan fingerprint density at radius 3 is 3.04 bits per heavy atom. The minimum absolute atomic E-state index is 0.0470. The van der Waals surface area contributed by atoms with Crippen LogP contribution in [0, 0.1) is 6.92 Å². The number of benzene rings is 1.